The van der Waals surface area contributed by atoms with Gasteiger partial charge in [-0.05, 0) is 39.1 Å². The molecule has 3 atom stereocenters. The number of carboxylic acids is 1. The maximum Gasteiger partial charge on any atom is 0.411 e. The highest BCUT2D eigenvalue weighted by Crippen LogP contribution is 2.60. The number of piperidine rings is 1. The van der Waals surface area contributed by atoms with Crippen LogP contribution in [0.25, 0.3) is 10.4 Å². The van der Waals surface area contributed by atoms with Crippen LogP contribution in [0.3, 0.4) is 0 Å². The third-order valence-electron chi connectivity index (χ3n) is 3.76. The number of amides is 1. The van der Waals surface area contributed by atoms with Crippen molar-refractivity contribution in [2.24, 2.45) is 10.5 Å². The van der Waals surface area contributed by atoms with E-state index >= 15 is 0 Å². The number of azide groups is 1. The summed E-state index contributed by atoms with van der Waals surface area (Å²) in [5, 5.41) is 12.8. The number of aliphatic carboxylic acids is 1. The van der Waals surface area contributed by atoms with Gasteiger partial charge in [0.1, 0.15) is 11.6 Å². The zero-order valence-corrected chi connectivity index (χ0v) is 11.7. The lowest BCUT2D eigenvalue weighted by Gasteiger charge is -2.28. The van der Waals surface area contributed by atoms with Gasteiger partial charge in [0.05, 0.1) is 0 Å². The summed E-state index contributed by atoms with van der Waals surface area (Å²) in [6, 6.07) is -1.11. The van der Waals surface area contributed by atoms with Crippen LogP contribution in [0.4, 0.5) is 4.79 Å². The molecule has 110 valence electrons. The van der Waals surface area contributed by atoms with Crippen molar-refractivity contribution in [2.75, 3.05) is 6.54 Å². The summed E-state index contributed by atoms with van der Waals surface area (Å²) in [5.41, 5.74) is 7.34. The molecule has 20 heavy (non-hydrogen) atoms. The number of carbonyl (C=O) groups is 2. The highest BCUT2D eigenvalue weighted by atomic mass is 16.6. The molecule has 0 spiro atoms. The van der Waals surface area contributed by atoms with E-state index in [2.05, 4.69) is 10.0 Å². The Bertz CT molecular complexity index is 494. The average Bonchev–Trinajstić information content (AvgIpc) is 2.89. The zero-order chi connectivity index (χ0) is 15.1. The second-order valence-corrected chi connectivity index (χ2v) is 6.42. The van der Waals surface area contributed by atoms with Crippen LogP contribution in [0.15, 0.2) is 5.11 Å². The largest absolute Gasteiger partial charge is 0.480 e. The van der Waals surface area contributed by atoms with Gasteiger partial charge in [-0.15, -0.1) is 0 Å². The third kappa shape index (κ3) is 2.51. The van der Waals surface area contributed by atoms with Crippen LogP contribution in [-0.4, -0.2) is 46.3 Å². The number of rotatable bonds is 3. The van der Waals surface area contributed by atoms with E-state index < -0.39 is 23.7 Å². The van der Waals surface area contributed by atoms with E-state index in [1.807, 2.05) is 0 Å². The maximum absolute atomic E-state index is 12.2. The molecule has 0 aromatic heterocycles. The second-order valence-electron chi connectivity index (χ2n) is 6.42. The molecule has 0 aromatic carbocycles. The topological polar surface area (TPSA) is 116 Å². The van der Waals surface area contributed by atoms with Gasteiger partial charge >= 0.3 is 12.1 Å². The highest BCUT2D eigenvalue weighted by Gasteiger charge is 2.67. The van der Waals surface area contributed by atoms with Crippen molar-refractivity contribution in [1.82, 2.24) is 4.90 Å². The number of hydrogen-bond donors (Lipinski definition) is 1. The smallest absolute Gasteiger partial charge is 0.411 e. The molecule has 1 amide bonds. The minimum absolute atomic E-state index is 0.205. The van der Waals surface area contributed by atoms with E-state index in [1.165, 1.54) is 4.90 Å². The predicted octanol–water partition coefficient (Wildman–Crippen LogP) is 2.15. The summed E-state index contributed by atoms with van der Waals surface area (Å²) in [7, 11) is 0. The van der Waals surface area contributed by atoms with E-state index in [0.717, 1.165) is 0 Å². The van der Waals surface area contributed by atoms with Crippen LogP contribution >= 0.6 is 0 Å². The normalized spacial score (nSPS) is 31.2. The first kappa shape index (κ1) is 14.5. The van der Waals surface area contributed by atoms with Crippen LogP contribution in [0.5, 0.6) is 0 Å². The van der Waals surface area contributed by atoms with E-state index in [4.69, 9.17) is 10.3 Å². The molecule has 8 heteroatoms. The van der Waals surface area contributed by atoms with Gasteiger partial charge in [0.25, 0.3) is 0 Å². The van der Waals surface area contributed by atoms with Crippen molar-refractivity contribution in [3.8, 4) is 0 Å². The Hall–Kier alpha value is -1.95. The number of nitrogens with zero attached hydrogens (tertiary/aromatic N) is 4. The lowest BCUT2D eigenvalue weighted by atomic mass is 10.00. The number of carboxylic acid groups (broad SMARTS) is 1. The van der Waals surface area contributed by atoms with Gasteiger partial charge in [0.2, 0.25) is 0 Å². The van der Waals surface area contributed by atoms with Crippen LogP contribution < -0.4 is 0 Å². The van der Waals surface area contributed by atoms with Crippen molar-refractivity contribution in [3.63, 3.8) is 0 Å². The molecular formula is C12H18N4O4. The summed E-state index contributed by atoms with van der Waals surface area (Å²) < 4.78 is 5.27. The highest BCUT2D eigenvalue weighted by molar-refractivity contribution is 5.82. The Morgan fingerprint density at radius 3 is 2.65 bits per heavy atom. The summed E-state index contributed by atoms with van der Waals surface area (Å²) in [6.45, 7) is 5.42. The van der Waals surface area contributed by atoms with Crippen molar-refractivity contribution in [2.45, 2.75) is 51.3 Å². The van der Waals surface area contributed by atoms with Crippen molar-refractivity contribution < 1.29 is 19.4 Å². The molecule has 0 bridgehead atoms. The molecule has 1 N–H and O–H groups in total. The number of likely N-dealkylation sites (tertiary alicyclic amines) is 1. The standard InChI is InChI=1S/C12H18N4O4/c1-11(2,3)20-10(19)16-7(9(17)18)4-12(5-8(12)16)6-14-15-13/h7-8H,4-6H2,1-3H3,(H,17,18)/t7-,8+,12-/m0/s1. The molecular weight excluding hydrogens is 264 g/mol. The Labute approximate surface area is 116 Å². The summed E-state index contributed by atoms with van der Waals surface area (Å²) in [6.07, 6.45) is 0.357. The molecule has 2 rings (SSSR count). The molecule has 8 nitrogen and oxygen atoms in total. The maximum atomic E-state index is 12.2. The van der Waals surface area contributed by atoms with Gasteiger partial charge in [-0.25, -0.2) is 9.59 Å². The van der Waals surface area contributed by atoms with Crippen molar-refractivity contribution in [1.29, 1.82) is 0 Å². The lowest BCUT2D eigenvalue weighted by Crippen LogP contribution is -2.45. The second kappa shape index (κ2) is 4.56. The van der Waals surface area contributed by atoms with Gasteiger partial charge in [0, 0.05) is 22.9 Å². The molecule has 0 aromatic rings. The summed E-state index contributed by atoms with van der Waals surface area (Å²) in [5.74, 6) is -1.05. The fourth-order valence-corrected chi connectivity index (χ4v) is 2.82. The fraction of sp³-hybridized carbons (Fsp3) is 0.833. The van der Waals surface area contributed by atoms with E-state index in [1.54, 1.807) is 20.8 Å². The van der Waals surface area contributed by atoms with Gasteiger partial charge in [0.15, 0.2) is 0 Å². The van der Waals surface area contributed by atoms with Crippen molar-refractivity contribution >= 4 is 12.1 Å². The Kier molecular flexibility index (Phi) is 3.29. The van der Waals surface area contributed by atoms with E-state index in [0.29, 0.717) is 12.8 Å². The molecule has 1 saturated carbocycles. The molecule has 2 aliphatic rings. The molecule has 0 unspecified atom stereocenters. The monoisotopic (exact) mass is 282 g/mol. The fourth-order valence-electron chi connectivity index (χ4n) is 2.82. The van der Waals surface area contributed by atoms with Gasteiger partial charge in [-0.3, -0.25) is 4.90 Å². The SMILES string of the molecule is CC(C)(C)OC(=O)N1[C@H](C(=O)O)C[C@@]2(CN=[N+]=[N-])C[C@@H]12. The third-order valence-corrected chi connectivity index (χ3v) is 3.76. The van der Waals surface area contributed by atoms with Crippen LogP contribution in [0.1, 0.15) is 33.6 Å². The predicted molar refractivity (Wildman–Crippen MR) is 69.0 cm³/mol. The summed E-state index contributed by atoms with van der Waals surface area (Å²) in [4.78, 5) is 27.5. The molecule has 0 radical (unpaired) electrons. The zero-order valence-electron chi connectivity index (χ0n) is 11.7. The van der Waals surface area contributed by atoms with Gasteiger partial charge < -0.3 is 9.84 Å². The minimum Gasteiger partial charge on any atom is -0.480 e. The molecule has 2 fully saturated rings. The molecule has 1 aliphatic carbocycles. The quantitative estimate of drug-likeness (QED) is 0.485. The molecule has 1 aliphatic heterocycles. The van der Waals surface area contributed by atoms with Crippen molar-refractivity contribution in [3.05, 3.63) is 10.4 Å². The van der Waals surface area contributed by atoms with Gasteiger partial charge in [-0.1, -0.05) is 5.11 Å². The van der Waals surface area contributed by atoms with Crippen LogP contribution in [0, 0.1) is 5.41 Å². The number of fused-ring (bicyclic) bond motifs is 1. The number of ether oxygens (including phenoxy) is 1. The number of carbonyl (C=O) groups excluding carboxylic acids is 1. The van der Waals surface area contributed by atoms with Crippen LogP contribution in [-0.2, 0) is 9.53 Å². The van der Waals surface area contributed by atoms with E-state index in [-0.39, 0.29) is 18.0 Å². The lowest BCUT2D eigenvalue weighted by molar-refractivity contribution is -0.142. The minimum atomic E-state index is -1.05. The van der Waals surface area contributed by atoms with Gasteiger partial charge in [-0.2, -0.15) is 0 Å². The Balaban J connectivity index is 2.16. The first-order valence-corrected chi connectivity index (χ1v) is 6.45. The first-order valence-electron chi connectivity index (χ1n) is 6.45. The first-order chi connectivity index (χ1) is 9.20. The average molecular weight is 282 g/mol. The molecule has 1 saturated heterocycles. The number of hydrogen-bond acceptors (Lipinski definition) is 4. The Morgan fingerprint density at radius 2 is 2.15 bits per heavy atom. The Morgan fingerprint density at radius 1 is 1.50 bits per heavy atom. The van der Waals surface area contributed by atoms with E-state index in [9.17, 15) is 14.7 Å². The summed E-state index contributed by atoms with van der Waals surface area (Å²) >= 11 is 0. The van der Waals surface area contributed by atoms with Crippen LogP contribution in [0.2, 0.25) is 0 Å². The molecule has 1 heterocycles.